The maximum atomic E-state index is 10.5. The van der Waals surface area contributed by atoms with Crippen LogP contribution in [0.2, 0.25) is 0 Å². The Morgan fingerprint density at radius 3 is 1.58 bits per heavy atom. The van der Waals surface area contributed by atoms with E-state index < -0.39 is 11.9 Å². The van der Waals surface area contributed by atoms with E-state index in [0.29, 0.717) is 0 Å². The molecule has 12 heavy (non-hydrogen) atoms. The lowest BCUT2D eigenvalue weighted by Crippen LogP contribution is -2.06. The van der Waals surface area contributed by atoms with Crippen LogP contribution in [-0.2, 0) is 19.1 Å². The maximum Gasteiger partial charge on any atom is 0.320 e. The summed E-state index contributed by atoms with van der Waals surface area (Å²) < 4.78 is 8.20. The van der Waals surface area contributed by atoms with Crippen LogP contribution in [0.15, 0.2) is 0 Å². The Morgan fingerprint density at radius 2 is 1.33 bits per heavy atom. The maximum absolute atomic E-state index is 10.5. The normalized spacial score (nSPS) is 7.50. The van der Waals surface area contributed by atoms with Crippen molar-refractivity contribution in [2.24, 2.45) is 0 Å². The van der Waals surface area contributed by atoms with Crippen molar-refractivity contribution in [3.8, 4) is 25.1 Å². The Morgan fingerprint density at radius 1 is 1.00 bits per heavy atom. The number of ether oxygens (including phenoxy) is 2. The molecule has 0 fully saturated rings. The van der Waals surface area contributed by atoms with Crippen molar-refractivity contribution in [3.63, 3.8) is 0 Å². The number of rotatable bonds is 3. The minimum atomic E-state index is -0.661. The molecule has 0 bridgehead atoms. The molecule has 62 valence electrons. The van der Waals surface area contributed by atoms with Crippen LogP contribution in [0.1, 0.15) is 12.8 Å². The van der Waals surface area contributed by atoms with E-state index >= 15 is 0 Å². The summed E-state index contributed by atoms with van der Waals surface area (Å²) in [5, 5.41) is 0. The Bertz CT molecular complexity index is 225. The summed E-state index contributed by atoms with van der Waals surface area (Å²) in [6.07, 6.45) is 12.4. The largest absolute Gasteiger partial charge is 0.372 e. The molecule has 0 heterocycles. The van der Waals surface area contributed by atoms with Crippen molar-refractivity contribution in [3.05, 3.63) is 0 Å². The second kappa shape index (κ2) is 5.82. The molecule has 0 saturated heterocycles. The van der Waals surface area contributed by atoms with Crippen LogP contribution in [0.3, 0.4) is 0 Å². The van der Waals surface area contributed by atoms with Gasteiger partial charge in [-0.1, -0.05) is 12.8 Å². The molecule has 0 aromatic rings. The molecule has 0 unspecified atom stereocenters. The predicted molar refractivity (Wildman–Crippen MR) is 39.1 cm³/mol. The van der Waals surface area contributed by atoms with Crippen molar-refractivity contribution < 1.29 is 19.1 Å². The van der Waals surface area contributed by atoms with Crippen molar-refractivity contribution in [2.75, 3.05) is 0 Å². The zero-order valence-electron chi connectivity index (χ0n) is 6.20. The average molecular weight is 166 g/mol. The van der Waals surface area contributed by atoms with Crippen LogP contribution in [0.4, 0.5) is 0 Å². The fourth-order valence-corrected chi connectivity index (χ4v) is 0.438. The van der Waals surface area contributed by atoms with Gasteiger partial charge in [-0.3, -0.25) is 9.59 Å². The van der Waals surface area contributed by atoms with Gasteiger partial charge in [-0.15, -0.1) is 0 Å². The van der Waals surface area contributed by atoms with Crippen molar-refractivity contribution >= 4 is 11.9 Å². The van der Waals surface area contributed by atoms with Gasteiger partial charge in [-0.25, -0.2) is 0 Å². The van der Waals surface area contributed by atoms with Gasteiger partial charge < -0.3 is 9.47 Å². The highest BCUT2D eigenvalue weighted by Crippen LogP contribution is 1.94. The highest BCUT2D eigenvalue weighted by Gasteiger charge is 2.07. The number of hydrogen-bond acceptors (Lipinski definition) is 4. The topological polar surface area (TPSA) is 52.6 Å². The summed E-state index contributed by atoms with van der Waals surface area (Å²) in [5.41, 5.74) is 0. The number of terminal acetylenes is 2. The summed E-state index contributed by atoms with van der Waals surface area (Å²) in [4.78, 5) is 21.1. The van der Waals surface area contributed by atoms with Crippen LogP contribution in [0.25, 0.3) is 0 Å². The van der Waals surface area contributed by atoms with Crippen molar-refractivity contribution in [1.29, 1.82) is 0 Å². The second-order valence-electron chi connectivity index (χ2n) is 1.68. The molecule has 0 amide bonds. The standard InChI is InChI=1S/C8H6O4/c1-3-11-7(9)5-6-8(10)12-4-2/h1-2H,5-6H2. The van der Waals surface area contributed by atoms with Gasteiger partial charge in [0.1, 0.15) is 12.2 Å². The van der Waals surface area contributed by atoms with Crippen molar-refractivity contribution in [2.45, 2.75) is 12.8 Å². The summed E-state index contributed by atoms with van der Waals surface area (Å²) in [6, 6.07) is 0. The van der Waals surface area contributed by atoms with Crippen LogP contribution in [0, 0.1) is 25.1 Å². The van der Waals surface area contributed by atoms with E-state index in [1.54, 1.807) is 12.2 Å². The lowest BCUT2D eigenvalue weighted by atomic mass is 10.3. The Balaban J connectivity index is 3.57. The quantitative estimate of drug-likeness (QED) is 0.438. The van der Waals surface area contributed by atoms with E-state index in [9.17, 15) is 9.59 Å². The number of carbonyl (C=O) groups is 2. The molecule has 0 aromatic carbocycles. The van der Waals surface area contributed by atoms with E-state index in [0.717, 1.165) is 0 Å². The first-order chi connectivity index (χ1) is 5.70. The van der Waals surface area contributed by atoms with Crippen LogP contribution < -0.4 is 0 Å². The summed E-state index contributed by atoms with van der Waals surface area (Å²) >= 11 is 0. The monoisotopic (exact) mass is 166 g/mol. The molecule has 4 nitrogen and oxygen atoms in total. The number of esters is 2. The Kier molecular flexibility index (Phi) is 4.88. The third-order valence-electron chi connectivity index (χ3n) is 0.879. The minimum absolute atomic E-state index is 0.134. The summed E-state index contributed by atoms with van der Waals surface area (Å²) in [6.45, 7) is 0. The molecule has 0 aliphatic heterocycles. The van der Waals surface area contributed by atoms with E-state index in [1.807, 2.05) is 0 Å². The molecule has 0 aromatic heterocycles. The van der Waals surface area contributed by atoms with E-state index in [-0.39, 0.29) is 12.8 Å². The summed E-state index contributed by atoms with van der Waals surface area (Å²) in [5.74, 6) is -1.32. The average Bonchev–Trinajstić information content (AvgIpc) is 2.02. The minimum Gasteiger partial charge on any atom is -0.372 e. The van der Waals surface area contributed by atoms with Crippen molar-refractivity contribution in [1.82, 2.24) is 0 Å². The lowest BCUT2D eigenvalue weighted by Gasteiger charge is -1.94. The predicted octanol–water partition coefficient (Wildman–Crippen LogP) is 0.0344. The molecule has 0 aliphatic carbocycles. The van der Waals surface area contributed by atoms with E-state index in [1.165, 1.54) is 0 Å². The third-order valence-corrected chi connectivity index (χ3v) is 0.879. The molecule has 0 saturated carbocycles. The Labute approximate surface area is 69.8 Å². The SMILES string of the molecule is C#COC(=O)CCC(=O)OC#C. The number of carbonyl (C=O) groups excluding carboxylic acids is 2. The van der Waals surface area contributed by atoms with E-state index in [2.05, 4.69) is 22.3 Å². The summed E-state index contributed by atoms with van der Waals surface area (Å²) in [7, 11) is 0. The zero-order valence-corrected chi connectivity index (χ0v) is 6.20. The van der Waals surface area contributed by atoms with Gasteiger partial charge in [0, 0.05) is 0 Å². The molecular weight excluding hydrogens is 160 g/mol. The Hall–Kier alpha value is -1.94. The molecule has 0 aliphatic rings. The van der Waals surface area contributed by atoms with Gasteiger partial charge in [0.2, 0.25) is 0 Å². The molecule has 0 spiro atoms. The molecule has 0 N–H and O–H groups in total. The van der Waals surface area contributed by atoms with E-state index in [4.69, 9.17) is 0 Å². The van der Waals surface area contributed by atoms with Gasteiger partial charge in [-0.2, -0.15) is 0 Å². The molecule has 0 radical (unpaired) electrons. The molecular formula is C8H6O4. The molecule has 0 rings (SSSR count). The molecule has 4 heteroatoms. The van der Waals surface area contributed by atoms with Gasteiger partial charge >= 0.3 is 11.9 Å². The second-order valence-corrected chi connectivity index (χ2v) is 1.68. The van der Waals surface area contributed by atoms with Gasteiger partial charge in [0.25, 0.3) is 0 Å². The fourth-order valence-electron chi connectivity index (χ4n) is 0.438. The van der Waals surface area contributed by atoms with Gasteiger partial charge in [0.05, 0.1) is 12.8 Å². The van der Waals surface area contributed by atoms with Gasteiger partial charge in [0.15, 0.2) is 0 Å². The first kappa shape index (κ1) is 10.1. The third kappa shape index (κ3) is 4.89. The van der Waals surface area contributed by atoms with Gasteiger partial charge in [-0.05, 0) is 0 Å². The number of hydrogen-bond donors (Lipinski definition) is 0. The lowest BCUT2D eigenvalue weighted by molar-refractivity contribution is -0.143. The molecule has 0 atom stereocenters. The highest BCUT2D eigenvalue weighted by atomic mass is 16.5. The zero-order chi connectivity index (χ0) is 9.40. The van der Waals surface area contributed by atoms with Crippen LogP contribution in [-0.4, -0.2) is 11.9 Å². The highest BCUT2D eigenvalue weighted by molar-refractivity contribution is 5.78. The first-order valence-electron chi connectivity index (χ1n) is 3.01. The fraction of sp³-hybridized carbons (Fsp3) is 0.250. The van der Waals surface area contributed by atoms with Crippen LogP contribution in [0.5, 0.6) is 0 Å². The van der Waals surface area contributed by atoms with Crippen LogP contribution >= 0.6 is 0 Å². The first-order valence-corrected chi connectivity index (χ1v) is 3.01. The smallest absolute Gasteiger partial charge is 0.320 e.